The Hall–Kier alpha value is -1.44. The summed E-state index contributed by atoms with van der Waals surface area (Å²) in [6, 6.07) is 0. The van der Waals surface area contributed by atoms with Gasteiger partial charge < -0.3 is 20.3 Å². The summed E-state index contributed by atoms with van der Waals surface area (Å²) in [4.78, 5) is 15.5. The minimum atomic E-state index is -0.577. The summed E-state index contributed by atoms with van der Waals surface area (Å²) in [6.07, 6.45) is 0.940. The summed E-state index contributed by atoms with van der Waals surface area (Å²) in [7, 11) is 1.55. The molecule has 0 radical (unpaired) electrons. The fourth-order valence-corrected chi connectivity index (χ4v) is 2.05. The molecule has 3 atom stereocenters. The molecule has 2 rings (SSSR count). The number of nitrogen functional groups attached to an aromatic ring is 1. The highest BCUT2D eigenvalue weighted by Gasteiger charge is 2.37. The Labute approximate surface area is 104 Å². The van der Waals surface area contributed by atoms with E-state index in [9.17, 15) is 4.79 Å². The molecule has 7 nitrogen and oxygen atoms in total. The van der Waals surface area contributed by atoms with Gasteiger partial charge in [0.05, 0.1) is 12.7 Å². The van der Waals surface area contributed by atoms with Crippen LogP contribution in [0.1, 0.15) is 18.2 Å². The Morgan fingerprint density at radius 2 is 2.44 bits per heavy atom. The first-order chi connectivity index (χ1) is 8.56. The topological polar surface area (TPSA) is 99.6 Å². The van der Waals surface area contributed by atoms with Gasteiger partial charge in [0.25, 0.3) is 0 Å². The van der Waals surface area contributed by atoms with Crippen molar-refractivity contribution < 1.29 is 14.6 Å². The van der Waals surface area contributed by atoms with E-state index in [-0.39, 0.29) is 24.6 Å². The first kappa shape index (κ1) is 13.0. The van der Waals surface area contributed by atoms with E-state index in [1.165, 1.54) is 4.57 Å². The van der Waals surface area contributed by atoms with Crippen LogP contribution in [0.2, 0.25) is 0 Å². The lowest BCUT2D eigenvalue weighted by molar-refractivity contribution is -0.0625. The third-order valence-corrected chi connectivity index (χ3v) is 3.10. The number of hydrogen-bond donors (Lipinski definition) is 2. The molecule has 0 saturated carbocycles. The zero-order chi connectivity index (χ0) is 13.3. The third-order valence-electron chi connectivity index (χ3n) is 3.10. The van der Waals surface area contributed by atoms with Gasteiger partial charge in [0.2, 0.25) is 0 Å². The minimum absolute atomic E-state index is 0.105. The second-order valence-electron chi connectivity index (χ2n) is 4.34. The predicted molar refractivity (Wildman–Crippen MR) is 64.1 cm³/mol. The Bertz CT molecular complexity index is 488. The highest BCUT2D eigenvalue weighted by molar-refractivity contribution is 5.35. The molecule has 1 fully saturated rings. The standard InChI is InChI=1S/C11H17N3O4/c1-6-4-14(11(16)13-9(6)12)10-8(17-2)3-7(5-15)18-10/h4,7-8,10,15H,3,5H2,1-2H3,(H2,12,13,16). The average Bonchev–Trinajstić information content (AvgIpc) is 2.77. The second kappa shape index (κ2) is 5.05. The largest absolute Gasteiger partial charge is 0.394 e. The summed E-state index contributed by atoms with van der Waals surface area (Å²) in [5.41, 5.74) is 5.78. The van der Waals surface area contributed by atoms with Crippen molar-refractivity contribution in [1.29, 1.82) is 0 Å². The molecule has 2 heterocycles. The van der Waals surface area contributed by atoms with Crippen LogP contribution in [0.15, 0.2) is 11.0 Å². The summed E-state index contributed by atoms with van der Waals surface area (Å²) in [5.74, 6) is 0.210. The molecule has 0 spiro atoms. The number of methoxy groups -OCH3 is 1. The third kappa shape index (κ3) is 2.24. The van der Waals surface area contributed by atoms with Crippen molar-refractivity contribution in [2.45, 2.75) is 31.8 Å². The number of hydrogen-bond acceptors (Lipinski definition) is 6. The molecule has 0 aromatic carbocycles. The van der Waals surface area contributed by atoms with Gasteiger partial charge in [-0.2, -0.15) is 4.98 Å². The number of aliphatic hydroxyl groups excluding tert-OH is 1. The van der Waals surface area contributed by atoms with Gasteiger partial charge in [-0.1, -0.05) is 0 Å². The summed E-state index contributed by atoms with van der Waals surface area (Å²) in [6.45, 7) is 1.66. The fourth-order valence-electron chi connectivity index (χ4n) is 2.05. The zero-order valence-corrected chi connectivity index (χ0v) is 10.4. The molecule has 3 N–H and O–H groups in total. The molecule has 18 heavy (non-hydrogen) atoms. The molecular formula is C11H17N3O4. The average molecular weight is 255 g/mol. The Morgan fingerprint density at radius 3 is 3.06 bits per heavy atom. The van der Waals surface area contributed by atoms with E-state index in [2.05, 4.69) is 4.98 Å². The number of nitrogens with zero attached hydrogens (tertiary/aromatic N) is 2. The first-order valence-corrected chi connectivity index (χ1v) is 5.71. The minimum Gasteiger partial charge on any atom is -0.394 e. The summed E-state index contributed by atoms with van der Waals surface area (Å²) >= 11 is 0. The van der Waals surface area contributed by atoms with Crippen LogP contribution in [-0.2, 0) is 9.47 Å². The van der Waals surface area contributed by atoms with Crippen molar-refractivity contribution in [2.24, 2.45) is 0 Å². The lowest BCUT2D eigenvalue weighted by Crippen LogP contribution is -2.33. The lowest BCUT2D eigenvalue weighted by atomic mass is 10.2. The number of rotatable bonds is 3. The van der Waals surface area contributed by atoms with Gasteiger partial charge in [-0.3, -0.25) is 4.57 Å². The molecule has 1 aromatic rings. The van der Waals surface area contributed by atoms with Gasteiger partial charge in [0.1, 0.15) is 11.9 Å². The van der Waals surface area contributed by atoms with Gasteiger partial charge in [-0.15, -0.1) is 0 Å². The van der Waals surface area contributed by atoms with E-state index in [4.69, 9.17) is 20.3 Å². The molecular weight excluding hydrogens is 238 g/mol. The monoisotopic (exact) mass is 255 g/mol. The van der Waals surface area contributed by atoms with Crippen LogP contribution in [0.3, 0.4) is 0 Å². The van der Waals surface area contributed by atoms with Crippen molar-refractivity contribution in [3.63, 3.8) is 0 Å². The molecule has 1 aromatic heterocycles. The predicted octanol–water partition coefficient (Wildman–Crippen LogP) is -0.571. The lowest BCUT2D eigenvalue weighted by Gasteiger charge is -2.20. The van der Waals surface area contributed by atoms with E-state index in [0.29, 0.717) is 12.0 Å². The maximum Gasteiger partial charge on any atom is 0.351 e. The van der Waals surface area contributed by atoms with Crippen molar-refractivity contribution in [3.8, 4) is 0 Å². The quantitative estimate of drug-likeness (QED) is 0.750. The SMILES string of the molecule is COC1CC(CO)OC1n1cc(C)c(N)nc1=O. The Kier molecular flexibility index (Phi) is 3.65. The number of nitrogens with two attached hydrogens (primary N) is 1. The van der Waals surface area contributed by atoms with Crippen LogP contribution in [0.5, 0.6) is 0 Å². The van der Waals surface area contributed by atoms with Crippen LogP contribution < -0.4 is 11.4 Å². The molecule has 1 aliphatic rings. The van der Waals surface area contributed by atoms with Crippen molar-refractivity contribution in [3.05, 3.63) is 22.2 Å². The molecule has 7 heteroatoms. The first-order valence-electron chi connectivity index (χ1n) is 5.71. The van der Waals surface area contributed by atoms with Crippen LogP contribution >= 0.6 is 0 Å². The molecule has 100 valence electrons. The van der Waals surface area contributed by atoms with E-state index in [1.807, 2.05) is 0 Å². The van der Waals surface area contributed by atoms with Gasteiger partial charge >= 0.3 is 5.69 Å². The smallest absolute Gasteiger partial charge is 0.351 e. The van der Waals surface area contributed by atoms with Gasteiger partial charge in [-0.05, 0) is 6.92 Å². The molecule has 0 bridgehead atoms. The van der Waals surface area contributed by atoms with Crippen molar-refractivity contribution in [2.75, 3.05) is 19.5 Å². The molecule has 1 saturated heterocycles. The maximum atomic E-state index is 11.8. The highest BCUT2D eigenvalue weighted by Crippen LogP contribution is 2.29. The molecule has 0 amide bonds. The van der Waals surface area contributed by atoms with Gasteiger partial charge in [0.15, 0.2) is 6.23 Å². The van der Waals surface area contributed by atoms with E-state index < -0.39 is 11.9 Å². The van der Waals surface area contributed by atoms with Crippen LogP contribution in [-0.4, -0.2) is 40.6 Å². The van der Waals surface area contributed by atoms with Crippen molar-refractivity contribution in [1.82, 2.24) is 9.55 Å². The van der Waals surface area contributed by atoms with E-state index >= 15 is 0 Å². The molecule has 0 aliphatic carbocycles. The van der Waals surface area contributed by atoms with Crippen LogP contribution in [0, 0.1) is 6.92 Å². The van der Waals surface area contributed by atoms with Crippen LogP contribution in [0.4, 0.5) is 5.82 Å². The number of ether oxygens (including phenoxy) is 2. The number of aryl methyl sites for hydroxylation is 1. The molecule has 1 aliphatic heterocycles. The summed E-state index contributed by atoms with van der Waals surface area (Å²) < 4.78 is 12.2. The Balaban J connectivity index is 2.36. The summed E-state index contributed by atoms with van der Waals surface area (Å²) in [5, 5.41) is 9.11. The normalized spacial score (nSPS) is 27.6. The van der Waals surface area contributed by atoms with Crippen molar-refractivity contribution >= 4 is 5.82 Å². The number of aliphatic hydroxyl groups is 1. The van der Waals surface area contributed by atoms with E-state index in [1.54, 1.807) is 20.2 Å². The molecule has 3 unspecified atom stereocenters. The zero-order valence-electron chi connectivity index (χ0n) is 10.4. The maximum absolute atomic E-state index is 11.8. The van der Waals surface area contributed by atoms with Gasteiger partial charge in [0, 0.05) is 25.3 Å². The Morgan fingerprint density at radius 1 is 1.72 bits per heavy atom. The number of anilines is 1. The highest BCUT2D eigenvalue weighted by atomic mass is 16.6. The second-order valence-corrected chi connectivity index (χ2v) is 4.34. The van der Waals surface area contributed by atoms with Crippen LogP contribution in [0.25, 0.3) is 0 Å². The van der Waals surface area contributed by atoms with Gasteiger partial charge in [-0.25, -0.2) is 4.79 Å². The fraction of sp³-hybridized carbons (Fsp3) is 0.636. The number of aromatic nitrogens is 2. The van der Waals surface area contributed by atoms with E-state index in [0.717, 1.165) is 0 Å².